The van der Waals surface area contributed by atoms with Gasteiger partial charge < -0.3 is 0 Å². The summed E-state index contributed by atoms with van der Waals surface area (Å²) in [5, 5.41) is 5.70. The summed E-state index contributed by atoms with van der Waals surface area (Å²) in [4.78, 5) is -0.271. The Kier molecular flexibility index (Phi) is 4.38. The number of nitrogens with one attached hydrogen (secondary N) is 1. The number of sulfonamides is 1. The molecule has 0 aromatic carbocycles. The topological polar surface area (TPSA) is 66.1 Å². The molecule has 1 aromatic rings. The summed E-state index contributed by atoms with van der Waals surface area (Å²) in [6.07, 6.45) is -2.54. The van der Waals surface area contributed by atoms with E-state index < -0.39 is 22.7 Å². The zero-order valence-electron chi connectivity index (χ0n) is 9.90. The van der Waals surface area contributed by atoms with Crippen LogP contribution in [0.25, 0.3) is 0 Å². The van der Waals surface area contributed by atoms with Crippen LogP contribution in [0, 0.1) is 5.92 Å². The highest BCUT2D eigenvalue weighted by Crippen LogP contribution is 2.23. The van der Waals surface area contributed by atoms with Gasteiger partial charge in [0.15, 0.2) is 0 Å². The van der Waals surface area contributed by atoms with E-state index in [-0.39, 0.29) is 17.4 Å². The van der Waals surface area contributed by atoms with Gasteiger partial charge in [-0.15, -0.1) is 0 Å². The van der Waals surface area contributed by atoms with Crippen molar-refractivity contribution in [2.24, 2.45) is 5.92 Å². The molecule has 0 fully saturated rings. The molecule has 5 nitrogen and oxygen atoms in total. The highest BCUT2D eigenvalue weighted by atomic mass is 32.2. The number of aromatic amines is 1. The fraction of sp³-hybridized carbons (Fsp3) is 0.667. The number of hydrogen-bond donors (Lipinski definition) is 1. The average molecular weight is 285 g/mol. The van der Waals surface area contributed by atoms with Gasteiger partial charge in [0.25, 0.3) is 0 Å². The fourth-order valence-electron chi connectivity index (χ4n) is 1.38. The average Bonchev–Trinajstić information content (AvgIpc) is 2.66. The van der Waals surface area contributed by atoms with E-state index in [4.69, 9.17) is 0 Å². The molecule has 0 aliphatic carbocycles. The molecule has 9 heteroatoms. The molecular formula is C9H14F3N3O2S. The van der Waals surface area contributed by atoms with Crippen LogP contribution >= 0.6 is 0 Å². The number of H-pyrrole nitrogens is 1. The number of rotatable bonds is 5. The molecule has 1 heterocycles. The Morgan fingerprint density at radius 2 is 2.06 bits per heavy atom. The van der Waals surface area contributed by atoms with Crippen LogP contribution in [-0.4, -0.2) is 42.2 Å². The van der Waals surface area contributed by atoms with Crippen molar-refractivity contribution >= 4 is 10.0 Å². The van der Waals surface area contributed by atoms with Gasteiger partial charge in [-0.25, -0.2) is 8.42 Å². The lowest BCUT2D eigenvalue weighted by molar-refractivity contribution is -0.136. The highest BCUT2D eigenvalue weighted by molar-refractivity contribution is 7.89. The number of aromatic nitrogens is 2. The van der Waals surface area contributed by atoms with Crippen LogP contribution in [0.2, 0.25) is 0 Å². The summed E-state index contributed by atoms with van der Waals surface area (Å²) in [6, 6.07) is 0. The Morgan fingerprint density at radius 1 is 1.44 bits per heavy atom. The zero-order chi connectivity index (χ0) is 14.0. The molecule has 1 aromatic heterocycles. The smallest absolute Gasteiger partial charge is 0.284 e. The quantitative estimate of drug-likeness (QED) is 0.894. The number of alkyl halides is 3. The van der Waals surface area contributed by atoms with E-state index in [0.29, 0.717) is 4.31 Å². The SMILES string of the molecule is CC(C)CN(CC(F)(F)F)S(=O)(=O)c1cn[nH]c1. The number of hydrogen-bond acceptors (Lipinski definition) is 3. The number of halogens is 3. The van der Waals surface area contributed by atoms with E-state index in [1.165, 1.54) is 0 Å². The minimum absolute atomic E-state index is 0.201. The lowest BCUT2D eigenvalue weighted by Crippen LogP contribution is -2.40. The van der Waals surface area contributed by atoms with Crippen LogP contribution in [-0.2, 0) is 10.0 Å². The molecule has 0 spiro atoms. The molecule has 0 bridgehead atoms. The molecule has 18 heavy (non-hydrogen) atoms. The summed E-state index contributed by atoms with van der Waals surface area (Å²) in [5.74, 6) is -0.214. The van der Waals surface area contributed by atoms with Gasteiger partial charge in [0, 0.05) is 12.7 Å². The van der Waals surface area contributed by atoms with E-state index in [1.54, 1.807) is 13.8 Å². The molecule has 0 saturated carbocycles. The van der Waals surface area contributed by atoms with Crippen LogP contribution in [0.3, 0.4) is 0 Å². The van der Waals surface area contributed by atoms with Crippen LogP contribution in [0.5, 0.6) is 0 Å². The van der Waals surface area contributed by atoms with Crippen LogP contribution in [0.1, 0.15) is 13.8 Å². The Hall–Kier alpha value is -1.09. The van der Waals surface area contributed by atoms with Gasteiger partial charge in [-0.05, 0) is 5.92 Å². The second-order valence-corrected chi connectivity index (χ2v) is 6.18. The molecule has 1 rings (SSSR count). The minimum Gasteiger partial charge on any atom is -0.284 e. The third-order valence-corrected chi connectivity index (χ3v) is 3.81. The summed E-state index contributed by atoms with van der Waals surface area (Å²) in [5.41, 5.74) is 0. The highest BCUT2D eigenvalue weighted by Gasteiger charge is 2.37. The summed E-state index contributed by atoms with van der Waals surface area (Å²) >= 11 is 0. The fourth-order valence-corrected chi connectivity index (χ4v) is 2.88. The van der Waals surface area contributed by atoms with Crippen molar-refractivity contribution in [3.05, 3.63) is 12.4 Å². The van der Waals surface area contributed by atoms with Crippen molar-refractivity contribution in [2.45, 2.75) is 24.9 Å². The predicted molar refractivity (Wildman–Crippen MR) is 58.2 cm³/mol. The molecule has 1 N–H and O–H groups in total. The van der Waals surface area contributed by atoms with Crippen LogP contribution in [0.4, 0.5) is 13.2 Å². The molecule has 0 unspecified atom stereocenters. The van der Waals surface area contributed by atoms with E-state index in [0.717, 1.165) is 12.4 Å². The zero-order valence-corrected chi connectivity index (χ0v) is 10.7. The number of nitrogens with zero attached hydrogens (tertiary/aromatic N) is 2. The molecule has 104 valence electrons. The Labute approximate surface area is 103 Å². The largest absolute Gasteiger partial charge is 0.402 e. The van der Waals surface area contributed by atoms with Gasteiger partial charge >= 0.3 is 6.18 Å². The van der Waals surface area contributed by atoms with E-state index in [1.807, 2.05) is 0 Å². The Balaban J connectivity index is 3.03. The van der Waals surface area contributed by atoms with Gasteiger partial charge in [0.1, 0.15) is 11.4 Å². The maximum Gasteiger partial charge on any atom is 0.402 e. The second kappa shape index (κ2) is 5.27. The molecule has 0 aliphatic heterocycles. The van der Waals surface area contributed by atoms with E-state index in [9.17, 15) is 21.6 Å². The lowest BCUT2D eigenvalue weighted by atomic mass is 10.2. The maximum absolute atomic E-state index is 12.4. The summed E-state index contributed by atoms with van der Waals surface area (Å²) in [7, 11) is -4.17. The third-order valence-electron chi connectivity index (χ3n) is 2.04. The standard InChI is InChI=1S/C9H14F3N3O2S/c1-7(2)5-15(6-9(10,11)12)18(16,17)8-3-13-14-4-8/h3-4,7H,5-6H2,1-2H3,(H,13,14). The maximum atomic E-state index is 12.4. The first-order valence-corrected chi connectivity index (χ1v) is 6.62. The van der Waals surface area contributed by atoms with Crippen molar-refractivity contribution in [1.82, 2.24) is 14.5 Å². The molecule has 0 radical (unpaired) electrons. The molecule has 0 aliphatic rings. The third kappa shape index (κ3) is 3.98. The Bertz CT molecular complexity index is 468. The van der Waals surface area contributed by atoms with Crippen molar-refractivity contribution in [3.8, 4) is 0 Å². The van der Waals surface area contributed by atoms with Gasteiger partial charge in [0.05, 0.1) is 6.20 Å². The predicted octanol–water partition coefficient (Wildman–Crippen LogP) is 1.62. The Morgan fingerprint density at radius 3 is 2.44 bits per heavy atom. The molecule has 0 amide bonds. The van der Waals surface area contributed by atoms with Gasteiger partial charge in [-0.2, -0.15) is 22.6 Å². The van der Waals surface area contributed by atoms with Crippen molar-refractivity contribution in [2.75, 3.05) is 13.1 Å². The first kappa shape index (κ1) is 15.0. The van der Waals surface area contributed by atoms with E-state index >= 15 is 0 Å². The van der Waals surface area contributed by atoms with Crippen molar-refractivity contribution in [3.63, 3.8) is 0 Å². The van der Waals surface area contributed by atoms with Gasteiger partial charge in [0.2, 0.25) is 10.0 Å². The first-order valence-electron chi connectivity index (χ1n) is 5.18. The molecular weight excluding hydrogens is 271 g/mol. The minimum atomic E-state index is -4.58. The monoisotopic (exact) mass is 285 g/mol. The first-order chi connectivity index (χ1) is 8.13. The van der Waals surface area contributed by atoms with Crippen molar-refractivity contribution in [1.29, 1.82) is 0 Å². The van der Waals surface area contributed by atoms with Gasteiger partial charge in [-0.3, -0.25) is 5.10 Å². The van der Waals surface area contributed by atoms with Crippen molar-refractivity contribution < 1.29 is 21.6 Å². The summed E-state index contributed by atoms with van der Waals surface area (Å²) in [6.45, 7) is 1.59. The normalized spacial score (nSPS) is 13.5. The summed E-state index contributed by atoms with van der Waals surface area (Å²) < 4.78 is 61.6. The van der Waals surface area contributed by atoms with Gasteiger partial charge in [-0.1, -0.05) is 13.8 Å². The second-order valence-electron chi connectivity index (χ2n) is 4.24. The van der Waals surface area contributed by atoms with Crippen LogP contribution < -0.4 is 0 Å². The molecule has 0 atom stereocenters. The molecule has 0 saturated heterocycles. The van der Waals surface area contributed by atoms with Crippen LogP contribution in [0.15, 0.2) is 17.3 Å². The lowest BCUT2D eigenvalue weighted by Gasteiger charge is -2.24. The van der Waals surface area contributed by atoms with E-state index in [2.05, 4.69) is 10.2 Å².